The number of likely N-dealkylation sites (N-methyl/N-ethyl adjacent to an activating group) is 1. The number of quaternary nitrogens is 1. The van der Waals surface area contributed by atoms with E-state index in [9.17, 15) is 14.8 Å². The first-order chi connectivity index (χ1) is 18.5. The lowest BCUT2D eigenvalue weighted by atomic mass is 10.1. The monoisotopic (exact) mass is 566 g/mol. The van der Waals surface area contributed by atoms with E-state index in [1.54, 1.807) is 13.0 Å². The first-order valence-electron chi connectivity index (χ1n) is 13.3. The molecule has 2 aromatic rings. The molecule has 2 rings (SSSR count). The maximum Gasteiger partial charge on any atom is 0.474 e. The van der Waals surface area contributed by atoms with Crippen LogP contribution in [0, 0.1) is 0 Å². The van der Waals surface area contributed by atoms with Gasteiger partial charge < -0.3 is 19.8 Å². The van der Waals surface area contributed by atoms with Crippen molar-refractivity contribution in [3.05, 3.63) is 84.1 Å². The van der Waals surface area contributed by atoms with Crippen LogP contribution in [0.25, 0.3) is 0 Å². The van der Waals surface area contributed by atoms with Crippen LogP contribution in [0.4, 0.5) is 0 Å². The average molecular weight is 567 g/mol. The second-order valence-electron chi connectivity index (χ2n) is 9.24. The lowest BCUT2D eigenvalue weighted by Crippen LogP contribution is -2.43. The smallest absolute Gasteiger partial charge is 0.474 e. The molecule has 2 aromatic carbocycles. The Morgan fingerprint density at radius 3 is 2.08 bits per heavy atom. The van der Waals surface area contributed by atoms with Crippen molar-refractivity contribution in [1.29, 1.82) is 0 Å². The van der Waals surface area contributed by atoms with E-state index < -0.39 is 7.82 Å². The van der Waals surface area contributed by atoms with Crippen LogP contribution in [0.2, 0.25) is 0 Å². The number of aliphatic hydroxyl groups is 1. The zero-order chi connectivity index (χ0) is 29.7. The first-order valence-corrected chi connectivity index (χ1v) is 14.8. The fraction of sp³-hybridized carbons (Fsp3) is 0.467. The molecule has 0 aromatic heterocycles. The molecular formula is C30H49NO7P+. The normalized spacial score (nSPS) is 12.8. The number of phenols is 2. The minimum Gasteiger partial charge on any atom is -0.513 e. The Morgan fingerprint density at radius 2 is 1.54 bits per heavy atom. The average Bonchev–Trinajstić information content (AvgIpc) is 2.90. The van der Waals surface area contributed by atoms with Crippen LogP contribution in [-0.4, -0.2) is 67.3 Å². The van der Waals surface area contributed by atoms with Crippen molar-refractivity contribution in [2.75, 3.05) is 47.5 Å². The second-order valence-corrected chi connectivity index (χ2v) is 11.0. The van der Waals surface area contributed by atoms with Crippen molar-refractivity contribution < 1.29 is 37.9 Å². The molecular weight excluding hydrogens is 517 g/mol. The number of rotatable bonds is 15. The highest BCUT2D eigenvalue weighted by atomic mass is 31.2. The van der Waals surface area contributed by atoms with E-state index in [1.165, 1.54) is 37.0 Å². The zero-order valence-electron chi connectivity index (χ0n) is 24.5. The summed E-state index contributed by atoms with van der Waals surface area (Å²) in [5, 5.41) is 27.2. The van der Waals surface area contributed by atoms with Gasteiger partial charge in [0, 0.05) is 13.5 Å². The molecule has 0 amide bonds. The van der Waals surface area contributed by atoms with E-state index in [2.05, 4.69) is 44.9 Å². The molecule has 0 aliphatic heterocycles. The number of aromatic hydroxyl groups is 2. The SMILES string of the molecule is C=C/C=C(\C)O.CC.COP(=O)(OCCCc1ccc(O)c(O)c1)OCC[N+](C)(C)CCCc1ccccc1. The van der Waals surface area contributed by atoms with Crippen LogP contribution in [-0.2, 0) is 31.0 Å². The van der Waals surface area contributed by atoms with E-state index in [-0.39, 0.29) is 24.7 Å². The van der Waals surface area contributed by atoms with Crippen molar-refractivity contribution in [3.63, 3.8) is 0 Å². The zero-order valence-corrected chi connectivity index (χ0v) is 25.4. The lowest BCUT2D eigenvalue weighted by molar-refractivity contribution is -0.890. The van der Waals surface area contributed by atoms with Gasteiger partial charge in [0.05, 0.1) is 33.0 Å². The Hall–Kier alpha value is -2.61. The maximum absolute atomic E-state index is 12.6. The molecule has 220 valence electrons. The summed E-state index contributed by atoms with van der Waals surface area (Å²) in [4.78, 5) is 0. The number of hydrogen-bond acceptors (Lipinski definition) is 7. The van der Waals surface area contributed by atoms with E-state index in [4.69, 9.17) is 18.7 Å². The Bertz CT molecular complexity index is 1010. The van der Waals surface area contributed by atoms with Crippen molar-refractivity contribution >= 4 is 7.82 Å². The van der Waals surface area contributed by atoms with Gasteiger partial charge in [0.2, 0.25) is 0 Å². The summed E-state index contributed by atoms with van der Waals surface area (Å²) in [6.45, 7) is 11.1. The number of phosphoric acid groups is 1. The highest BCUT2D eigenvalue weighted by Crippen LogP contribution is 2.48. The van der Waals surface area contributed by atoms with Gasteiger partial charge in [-0.3, -0.25) is 13.6 Å². The van der Waals surface area contributed by atoms with Crippen LogP contribution < -0.4 is 0 Å². The first kappa shape index (κ1) is 36.4. The molecule has 0 aliphatic carbocycles. The van der Waals surface area contributed by atoms with Crippen LogP contribution in [0.1, 0.15) is 44.7 Å². The summed E-state index contributed by atoms with van der Waals surface area (Å²) in [6.07, 6.45) is 6.32. The van der Waals surface area contributed by atoms with Gasteiger partial charge in [0.15, 0.2) is 11.5 Å². The van der Waals surface area contributed by atoms with Gasteiger partial charge in [-0.1, -0.05) is 62.9 Å². The number of aryl methyl sites for hydroxylation is 2. The maximum atomic E-state index is 12.6. The number of phosphoric ester groups is 1. The van der Waals surface area contributed by atoms with Gasteiger partial charge in [-0.05, 0) is 55.5 Å². The molecule has 0 heterocycles. The largest absolute Gasteiger partial charge is 0.513 e. The number of phenolic OH excluding ortho intramolecular Hbond substituents is 2. The van der Waals surface area contributed by atoms with Crippen molar-refractivity contribution in [2.45, 2.75) is 46.5 Å². The summed E-state index contributed by atoms with van der Waals surface area (Å²) in [6, 6.07) is 15.1. The summed E-state index contributed by atoms with van der Waals surface area (Å²) >= 11 is 0. The minimum atomic E-state index is -3.60. The number of nitrogens with zero attached hydrogens (tertiary/aromatic N) is 1. The Morgan fingerprint density at radius 1 is 0.923 bits per heavy atom. The number of allylic oxidation sites excluding steroid dienone is 3. The molecule has 39 heavy (non-hydrogen) atoms. The predicted octanol–water partition coefficient (Wildman–Crippen LogP) is 7.19. The molecule has 1 atom stereocenters. The Kier molecular flexibility index (Phi) is 19.0. The lowest BCUT2D eigenvalue weighted by Gasteiger charge is -2.30. The highest BCUT2D eigenvalue weighted by molar-refractivity contribution is 7.48. The van der Waals surface area contributed by atoms with E-state index in [0.29, 0.717) is 25.1 Å². The van der Waals surface area contributed by atoms with Gasteiger partial charge in [0.1, 0.15) is 13.2 Å². The Balaban J connectivity index is 0.00000159. The van der Waals surface area contributed by atoms with Crippen LogP contribution in [0.5, 0.6) is 11.5 Å². The molecule has 8 nitrogen and oxygen atoms in total. The van der Waals surface area contributed by atoms with Gasteiger partial charge in [-0.2, -0.15) is 0 Å². The van der Waals surface area contributed by atoms with Crippen LogP contribution >= 0.6 is 7.82 Å². The van der Waals surface area contributed by atoms with Crippen molar-refractivity contribution in [3.8, 4) is 11.5 Å². The van der Waals surface area contributed by atoms with E-state index in [1.807, 2.05) is 19.9 Å². The summed E-state index contributed by atoms with van der Waals surface area (Å²) in [5.74, 6) is -0.0162. The summed E-state index contributed by atoms with van der Waals surface area (Å²) in [5.41, 5.74) is 2.18. The molecule has 3 N–H and O–H groups in total. The highest BCUT2D eigenvalue weighted by Gasteiger charge is 2.26. The van der Waals surface area contributed by atoms with Gasteiger partial charge in [0.25, 0.3) is 0 Å². The molecule has 0 spiro atoms. The molecule has 0 radical (unpaired) electrons. The van der Waals surface area contributed by atoms with Gasteiger partial charge >= 0.3 is 7.82 Å². The molecule has 0 bridgehead atoms. The van der Waals surface area contributed by atoms with Gasteiger partial charge in [-0.15, -0.1) is 0 Å². The topological polar surface area (TPSA) is 105 Å². The number of aliphatic hydroxyl groups excluding tert-OH is 1. The van der Waals surface area contributed by atoms with E-state index >= 15 is 0 Å². The fourth-order valence-electron chi connectivity index (χ4n) is 3.36. The third-order valence-corrected chi connectivity index (χ3v) is 6.94. The third-order valence-electron chi connectivity index (χ3n) is 5.50. The number of benzene rings is 2. The second kappa shape index (κ2) is 20.3. The number of hydrogen-bond donors (Lipinski definition) is 3. The summed E-state index contributed by atoms with van der Waals surface area (Å²) < 4.78 is 29.3. The predicted molar refractivity (Wildman–Crippen MR) is 159 cm³/mol. The quantitative estimate of drug-likeness (QED) is 0.0523. The third kappa shape index (κ3) is 17.6. The Labute approximate surface area is 235 Å². The van der Waals surface area contributed by atoms with Crippen LogP contribution in [0.15, 0.2) is 73.0 Å². The molecule has 9 heteroatoms. The van der Waals surface area contributed by atoms with Crippen molar-refractivity contribution in [2.24, 2.45) is 0 Å². The van der Waals surface area contributed by atoms with Crippen LogP contribution in [0.3, 0.4) is 0 Å². The van der Waals surface area contributed by atoms with E-state index in [0.717, 1.165) is 29.4 Å². The standard InChI is InChI=1S/C23H34NO6P.C5H8O.C2H6/c1-24(2,15-7-11-20-9-5-4-6-10-20)16-18-30-31(27,28-3)29-17-8-12-21-13-14-22(25)23(26)19-21;1-3-4-5(2)6;1-2/h4-6,9-10,13-14,19H,7-8,11-12,15-18H2,1-3H3,(H-,25,26);3-4,6H,1H2,2H3;1-2H3/p+1/b;5-4+;. The van der Waals surface area contributed by atoms with Crippen molar-refractivity contribution in [1.82, 2.24) is 0 Å². The minimum absolute atomic E-state index is 0.154. The molecule has 0 aliphatic rings. The van der Waals surface area contributed by atoms with Gasteiger partial charge in [-0.25, -0.2) is 4.57 Å². The molecule has 0 fully saturated rings. The molecule has 0 saturated heterocycles. The molecule has 0 saturated carbocycles. The summed E-state index contributed by atoms with van der Waals surface area (Å²) in [7, 11) is 1.97. The molecule has 1 unspecified atom stereocenters. The fourth-order valence-corrected chi connectivity index (χ4v) is 4.30.